The minimum absolute atomic E-state index is 0.0792. The van der Waals surface area contributed by atoms with Crippen LogP contribution in [-0.4, -0.2) is 56.7 Å². The van der Waals surface area contributed by atoms with Gasteiger partial charge in [-0.25, -0.2) is 9.48 Å². The first-order valence-corrected chi connectivity index (χ1v) is 13.0. The minimum Gasteiger partial charge on any atom is -0.323 e. The summed E-state index contributed by atoms with van der Waals surface area (Å²) in [5.41, 5.74) is 2.49. The molecular weight excluding hydrogens is 462 g/mol. The van der Waals surface area contributed by atoms with Crippen molar-refractivity contribution in [2.45, 2.75) is 44.7 Å². The van der Waals surface area contributed by atoms with Crippen LogP contribution in [0.5, 0.6) is 0 Å². The lowest BCUT2D eigenvalue weighted by Gasteiger charge is -2.41. The van der Waals surface area contributed by atoms with Gasteiger partial charge in [0.2, 0.25) is 0 Å². The van der Waals surface area contributed by atoms with Gasteiger partial charge in [-0.1, -0.05) is 54.5 Å². The molecule has 190 valence electrons. The lowest BCUT2D eigenvalue weighted by molar-refractivity contribution is -0.134. The normalized spacial score (nSPS) is 20.5. The Morgan fingerprint density at radius 3 is 2.41 bits per heavy atom. The van der Waals surface area contributed by atoms with Crippen molar-refractivity contribution in [2.24, 2.45) is 5.92 Å². The number of hydrogen-bond acceptors (Lipinski definition) is 4. The predicted octanol–water partition coefficient (Wildman–Crippen LogP) is 4.03. The molecule has 1 atom stereocenters. The van der Waals surface area contributed by atoms with E-state index in [4.69, 9.17) is 0 Å². The quantitative estimate of drug-likeness (QED) is 0.378. The Hall–Kier alpha value is -3.89. The molecule has 2 aliphatic heterocycles. The zero-order valence-corrected chi connectivity index (χ0v) is 21.3. The third-order valence-electron chi connectivity index (χ3n) is 7.61. The Morgan fingerprint density at radius 2 is 1.70 bits per heavy atom. The summed E-state index contributed by atoms with van der Waals surface area (Å²) in [6.07, 6.45) is 7.02. The first kappa shape index (κ1) is 24.8. The first-order chi connectivity index (χ1) is 18.1. The third kappa shape index (κ3) is 5.30. The lowest BCUT2D eigenvalue weighted by atomic mass is 9.74. The van der Waals surface area contributed by atoms with E-state index < -0.39 is 5.54 Å². The van der Waals surface area contributed by atoms with Gasteiger partial charge in [0.1, 0.15) is 5.54 Å². The Morgan fingerprint density at radius 1 is 1.00 bits per heavy atom. The number of nitrogens with one attached hydrogen (secondary N) is 1. The van der Waals surface area contributed by atoms with Gasteiger partial charge in [0.25, 0.3) is 5.91 Å². The van der Waals surface area contributed by atoms with Crippen LogP contribution in [0.1, 0.15) is 37.3 Å². The highest BCUT2D eigenvalue weighted by molar-refractivity contribution is 6.07. The summed E-state index contributed by atoms with van der Waals surface area (Å²) < 4.78 is 1.90. The second-order valence-electron chi connectivity index (χ2n) is 9.88. The van der Waals surface area contributed by atoms with Gasteiger partial charge in [-0.15, -0.1) is 5.92 Å². The molecule has 1 aromatic heterocycles. The highest BCUT2D eigenvalue weighted by Gasteiger charge is 2.55. The monoisotopic (exact) mass is 495 g/mol. The van der Waals surface area contributed by atoms with Crippen molar-refractivity contribution in [3.05, 3.63) is 84.2 Å². The van der Waals surface area contributed by atoms with Gasteiger partial charge < -0.3 is 5.32 Å². The van der Waals surface area contributed by atoms with Gasteiger partial charge in [-0.05, 0) is 69.3 Å². The lowest BCUT2D eigenvalue weighted by Crippen LogP contribution is -2.56. The van der Waals surface area contributed by atoms with E-state index in [-0.39, 0.29) is 24.4 Å². The summed E-state index contributed by atoms with van der Waals surface area (Å²) >= 11 is 0. The Bertz CT molecular complexity index is 1290. The van der Waals surface area contributed by atoms with Crippen LogP contribution in [0.25, 0.3) is 5.69 Å². The molecule has 0 bridgehead atoms. The maximum atomic E-state index is 13.7. The van der Waals surface area contributed by atoms with Gasteiger partial charge >= 0.3 is 6.03 Å². The summed E-state index contributed by atoms with van der Waals surface area (Å²) in [5, 5.41) is 7.67. The van der Waals surface area contributed by atoms with E-state index in [0.29, 0.717) is 6.42 Å². The third-order valence-corrected chi connectivity index (χ3v) is 7.61. The number of carbonyl (C=O) groups excluding carboxylic acids is 2. The number of piperidine rings is 1. The van der Waals surface area contributed by atoms with Crippen LogP contribution in [-0.2, 0) is 17.8 Å². The summed E-state index contributed by atoms with van der Waals surface area (Å²) in [5.74, 6) is 5.65. The molecule has 2 aromatic carbocycles. The first-order valence-electron chi connectivity index (χ1n) is 13.0. The maximum absolute atomic E-state index is 13.7. The zero-order chi connectivity index (χ0) is 25.7. The molecule has 0 spiro atoms. The van der Waals surface area contributed by atoms with E-state index >= 15 is 0 Å². The molecule has 0 unspecified atom stereocenters. The Balaban J connectivity index is 1.27. The molecule has 0 radical (unpaired) electrons. The molecule has 3 amide bonds. The Labute approximate surface area is 218 Å². The second kappa shape index (κ2) is 11.0. The number of aryl methyl sites for hydroxylation is 1. The van der Waals surface area contributed by atoms with Crippen LogP contribution in [0.4, 0.5) is 4.79 Å². The van der Waals surface area contributed by atoms with E-state index in [1.807, 2.05) is 59.4 Å². The van der Waals surface area contributed by atoms with Crippen molar-refractivity contribution in [1.82, 2.24) is 24.9 Å². The number of rotatable bonds is 8. The summed E-state index contributed by atoms with van der Waals surface area (Å²) in [6, 6.07) is 19.9. The number of para-hydroxylation sites is 1. The number of carbonyl (C=O) groups is 2. The maximum Gasteiger partial charge on any atom is 0.325 e. The van der Waals surface area contributed by atoms with Crippen LogP contribution in [0.2, 0.25) is 0 Å². The Kier molecular flexibility index (Phi) is 7.38. The zero-order valence-electron chi connectivity index (χ0n) is 21.3. The topological polar surface area (TPSA) is 70.5 Å². The molecular formula is C30H33N5O2. The largest absolute Gasteiger partial charge is 0.325 e. The van der Waals surface area contributed by atoms with E-state index in [1.54, 1.807) is 6.92 Å². The van der Waals surface area contributed by atoms with Crippen molar-refractivity contribution >= 4 is 11.9 Å². The summed E-state index contributed by atoms with van der Waals surface area (Å²) in [4.78, 5) is 30.3. The predicted molar refractivity (Wildman–Crippen MR) is 143 cm³/mol. The molecule has 5 rings (SSSR count). The molecule has 7 heteroatoms. The molecule has 2 saturated heterocycles. The van der Waals surface area contributed by atoms with Crippen molar-refractivity contribution < 1.29 is 9.59 Å². The van der Waals surface area contributed by atoms with Crippen molar-refractivity contribution in [1.29, 1.82) is 0 Å². The fourth-order valence-electron chi connectivity index (χ4n) is 5.59. The van der Waals surface area contributed by atoms with Gasteiger partial charge in [-0.2, -0.15) is 5.10 Å². The SMILES string of the molecule is CC#CCN1C(=O)N[C@](CCc2ccccc2)(C2CCN(Cc3cnn(-c4ccccc4)c3)CC2)C1=O. The second-order valence-corrected chi connectivity index (χ2v) is 9.88. The van der Waals surface area contributed by atoms with E-state index in [0.717, 1.165) is 50.1 Å². The molecule has 3 aromatic rings. The smallest absolute Gasteiger partial charge is 0.323 e. The summed E-state index contributed by atoms with van der Waals surface area (Å²) in [7, 11) is 0. The van der Waals surface area contributed by atoms with Crippen LogP contribution in [0, 0.1) is 17.8 Å². The average Bonchev–Trinajstić information content (AvgIpc) is 3.50. The van der Waals surface area contributed by atoms with Crippen LogP contribution in [0.15, 0.2) is 73.1 Å². The van der Waals surface area contributed by atoms with Gasteiger partial charge in [0.15, 0.2) is 0 Å². The number of imide groups is 1. The minimum atomic E-state index is -0.882. The van der Waals surface area contributed by atoms with Crippen molar-refractivity contribution in [3.8, 4) is 17.5 Å². The van der Waals surface area contributed by atoms with Crippen LogP contribution < -0.4 is 5.32 Å². The van der Waals surface area contributed by atoms with Gasteiger partial charge in [0.05, 0.1) is 18.4 Å². The van der Waals surface area contributed by atoms with Gasteiger partial charge in [-0.3, -0.25) is 14.6 Å². The van der Waals surface area contributed by atoms with E-state index in [9.17, 15) is 9.59 Å². The van der Waals surface area contributed by atoms with E-state index in [1.165, 1.54) is 10.5 Å². The molecule has 3 heterocycles. The van der Waals surface area contributed by atoms with Crippen molar-refractivity contribution in [2.75, 3.05) is 19.6 Å². The molecule has 0 saturated carbocycles. The molecule has 2 fully saturated rings. The number of nitrogens with zero attached hydrogens (tertiary/aromatic N) is 4. The number of aromatic nitrogens is 2. The van der Waals surface area contributed by atoms with Crippen LogP contribution in [0.3, 0.4) is 0 Å². The van der Waals surface area contributed by atoms with E-state index in [2.05, 4.69) is 45.5 Å². The highest BCUT2D eigenvalue weighted by Crippen LogP contribution is 2.37. The number of benzene rings is 2. The summed E-state index contributed by atoms with van der Waals surface area (Å²) in [6.45, 7) is 4.41. The molecule has 0 aliphatic carbocycles. The van der Waals surface area contributed by atoms with Crippen LogP contribution >= 0.6 is 0 Å². The number of hydrogen-bond donors (Lipinski definition) is 1. The van der Waals surface area contributed by atoms with Gasteiger partial charge in [0, 0.05) is 18.3 Å². The molecule has 7 nitrogen and oxygen atoms in total. The highest BCUT2D eigenvalue weighted by atomic mass is 16.2. The number of likely N-dealkylation sites (tertiary alicyclic amines) is 1. The fourth-order valence-corrected chi connectivity index (χ4v) is 5.59. The fraction of sp³-hybridized carbons (Fsp3) is 0.367. The average molecular weight is 496 g/mol. The number of urea groups is 1. The standard InChI is InChI=1S/C30H33N5O2/c1-2-3-18-34-28(36)30(32-29(34)37,17-14-24-10-6-4-7-11-24)26-15-19-33(20-16-26)22-25-21-31-35(23-25)27-12-8-5-9-13-27/h4-13,21,23,26H,14-20,22H2,1H3,(H,32,37)/t30-/m1/s1. The molecule has 37 heavy (non-hydrogen) atoms. The molecule has 2 aliphatic rings. The molecule has 1 N–H and O–H groups in total. The van der Waals surface area contributed by atoms with Crippen molar-refractivity contribution in [3.63, 3.8) is 0 Å². The number of amides is 3.